The molecule has 8 heteroatoms. The normalized spacial score (nSPS) is 12.0. The first kappa shape index (κ1) is 20.7. The molecule has 0 radical (unpaired) electrons. The largest absolute Gasteiger partial charge is 0.481 e. The van der Waals surface area contributed by atoms with Gasteiger partial charge < -0.3 is 5.11 Å². The maximum absolute atomic E-state index is 12.8. The van der Waals surface area contributed by atoms with Crippen molar-refractivity contribution in [3.05, 3.63) is 44.1 Å². The van der Waals surface area contributed by atoms with Crippen LogP contribution in [0.5, 0.6) is 0 Å². The van der Waals surface area contributed by atoms with Crippen molar-refractivity contribution < 1.29 is 9.90 Å². The SMILES string of the molecule is Cc1cc2nc3[nH]c(=O)n(CCCCCC(C)(C)C(=O)O)c(=O)c3nc2cc1C. The van der Waals surface area contributed by atoms with Crippen LogP contribution in [0.15, 0.2) is 21.7 Å². The van der Waals surface area contributed by atoms with E-state index >= 15 is 0 Å². The first-order chi connectivity index (χ1) is 13.6. The van der Waals surface area contributed by atoms with Gasteiger partial charge in [-0.15, -0.1) is 0 Å². The molecule has 2 aromatic heterocycles. The second-order valence-electron chi connectivity index (χ2n) is 8.23. The molecule has 0 aliphatic heterocycles. The highest BCUT2D eigenvalue weighted by Crippen LogP contribution is 2.23. The summed E-state index contributed by atoms with van der Waals surface area (Å²) in [6.07, 6.45) is 2.58. The molecule has 0 atom stereocenters. The molecule has 3 aromatic rings. The number of rotatable bonds is 7. The topological polar surface area (TPSA) is 118 Å². The second kappa shape index (κ2) is 7.77. The summed E-state index contributed by atoms with van der Waals surface area (Å²) in [6.45, 7) is 7.58. The van der Waals surface area contributed by atoms with Gasteiger partial charge in [-0.2, -0.15) is 0 Å². The number of nitrogens with one attached hydrogen (secondary N) is 1. The van der Waals surface area contributed by atoms with E-state index < -0.39 is 22.6 Å². The van der Waals surface area contributed by atoms with Crippen molar-refractivity contribution in [2.75, 3.05) is 0 Å². The van der Waals surface area contributed by atoms with Crippen molar-refractivity contribution in [2.45, 2.75) is 59.9 Å². The number of nitrogens with zero attached hydrogens (tertiary/aromatic N) is 3. The monoisotopic (exact) mass is 398 g/mol. The van der Waals surface area contributed by atoms with Gasteiger partial charge in [0, 0.05) is 6.54 Å². The molecule has 0 fully saturated rings. The van der Waals surface area contributed by atoms with E-state index in [9.17, 15) is 14.4 Å². The van der Waals surface area contributed by atoms with Gasteiger partial charge in [-0.25, -0.2) is 14.8 Å². The summed E-state index contributed by atoms with van der Waals surface area (Å²) in [5.74, 6) is -0.823. The van der Waals surface area contributed by atoms with Crippen LogP contribution < -0.4 is 11.2 Å². The van der Waals surface area contributed by atoms with Crippen LogP contribution in [0.2, 0.25) is 0 Å². The summed E-state index contributed by atoms with van der Waals surface area (Å²) < 4.78 is 1.15. The molecule has 0 spiro atoms. The second-order valence-corrected chi connectivity index (χ2v) is 8.23. The number of hydrogen-bond donors (Lipinski definition) is 2. The molecule has 0 saturated carbocycles. The zero-order valence-corrected chi connectivity index (χ0v) is 17.2. The van der Waals surface area contributed by atoms with Crippen molar-refractivity contribution in [1.82, 2.24) is 19.5 Å². The van der Waals surface area contributed by atoms with Gasteiger partial charge in [0.25, 0.3) is 5.56 Å². The lowest BCUT2D eigenvalue weighted by molar-refractivity contribution is -0.147. The average Bonchev–Trinajstić information content (AvgIpc) is 2.64. The van der Waals surface area contributed by atoms with E-state index in [1.54, 1.807) is 13.8 Å². The number of aromatic amines is 1. The third-order valence-corrected chi connectivity index (χ3v) is 5.46. The Morgan fingerprint density at radius 2 is 1.69 bits per heavy atom. The molecule has 0 amide bonds. The Labute approximate surface area is 167 Å². The number of aryl methyl sites for hydroxylation is 2. The lowest BCUT2D eigenvalue weighted by Gasteiger charge is -2.18. The number of H-pyrrole nitrogens is 1. The predicted octanol–water partition coefficient (Wildman–Crippen LogP) is 2.92. The molecule has 1 aromatic carbocycles. The minimum atomic E-state index is -0.823. The Hall–Kier alpha value is -3.03. The first-order valence-corrected chi connectivity index (χ1v) is 9.75. The molecule has 2 heterocycles. The van der Waals surface area contributed by atoms with Crippen molar-refractivity contribution in [1.29, 1.82) is 0 Å². The molecule has 0 bridgehead atoms. The molecule has 0 unspecified atom stereocenters. The van der Waals surface area contributed by atoms with Crippen molar-refractivity contribution in [3.63, 3.8) is 0 Å². The summed E-state index contributed by atoms with van der Waals surface area (Å²) in [6, 6.07) is 3.77. The number of carboxylic acid groups (broad SMARTS) is 1. The van der Waals surface area contributed by atoms with Crippen LogP contribution in [0, 0.1) is 19.3 Å². The number of carbonyl (C=O) groups is 1. The predicted molar refractivity (Wildman–Crippen MR) is 111 cm³/mol. The minimum Gasteiger partial charge on any atom is -0.481 e. The van der Waals surface area contributed by atoms with E-state index in [0.717, 1.165) is 22.1 Å². The summed E-state index contributed by atoms with van der Waals surface area (Å²) in [7, 11) is 0. The number of carboxylic acids is 1. The summed E-state index contributed by atoms with van der Waals surface area (Å²) in [5, 5.41) is 9.15. The van der Waals surface area contributed by atoms with Crippen LogP contribution in [0.3, 0.4) is 0 Å². The van der Waals surface area contributed by atoms with Gasteiger partial charge >= 0.3 is 11.7 Å². The fourth-order valence-corrected chi connectivity index (χ4v) is 3.26. The number of fused-ring (bicyclic) bond motifs is 2. The third-order valence-electron chi connectivity index (χ3n) is 5.46. The summed E-state index contributed by atoms with van der Waals surface area (Å²) in [4.78, 5) is 47.9. The molecule has 2 N–H and O–H groups in total. The number of benzene rings is 1. The quantitative estimate of drug-likeness (QED) is 0.467. The number of aromatic nitrogens is 4. The lowest BCUT2D eigenvalue weighted by atomic mass is 9.87. The fourth-order valence-electron chi connectivity index (χ4n) is 3.26. The number of aliphatic carboxylic acids is 1. The van der Waals surface area contributed by atoms with Crippen LogP contribution in [0.25, 0.3) is 22.2 Å². The van der Waals surface area contributed by atoms with E-state index in [1.807, 2.05) is 26.0 Å². The van der Waals surface area contributed by atoms with Gasteiger partial charge in [-0.1, -0.05) is 12.8 Å². The van der Waals surface area contributed by atoms with E-state index in [2.05, 4.69) is 15.0 Å². The first-order valence-electron chi connectivity index (χ1n) is 9.75. The van der Waals surface area contributed by atoms with Crippen LogP contribution in [0.4, 0.5) is 0 Å². The number of hydrogen-bond acceptors (Lipinski definition) is 5. The van der Waals surface area contributed by atoms with Crippen molar-refractivity contribution in [3.8, 4) is 0 Å². The maximum atomic E-state index is 12.8. The molecule has 0 aliphatic rings. The van der Waals surface area contributed by atoms with Crippen LogP contribution >= 0.6 is 0 Å². The zero-order chi connectivity index (χ0) is 21.3. The van der Waals surface area contributed by atoms with Gasteiger partial charge in [0.15, 0.2) is 11.2 Å². The standard InChI is InChI=1S/C21H26N4O4/c1-12-10-14-15(11-13(12)2)23-17-16(22-14)18(26)25(20(29)24-17)9-7-5-6-8-21(3,4)19(27)28/h10-11H,5-9H2,1-4H3,(H,27,28)(H,23,24,29). The fraction of sp³-hybridized carbons (Fsp3) is 0.476. The van der Waals surface area contributed by atoms with E-state index in [-0.39, 0.29) is 17.7 Å². The Bertz CT molecular complexity index is 1210. The van der Waals surface area contributed by atoms with Crippen LogP contribution in [-0.4, -0.2) is 30.6 Å². The highest BCUT2D eigenvalue weighted by atomic mass is 16.4. The Kier molecular flexibility index (Phi) is 5.55. The van der Waals surface area contributed by atoms with Crippen LogP contribution in [0.1, 0.15) is 50.7 Å². The Balaban J connectivity index is 1.83. The van der Waals surface area contributed by atoms with Gasteiger partial charge in [0.1, 0.15) is 0 Å². The maximum Gasteiger partial charge on any atom is 0.330 e. The molecule has 0 saturated heterocycles. The van der Waals surface area contributed by atoms with Crippen LogP contribution in [-0.2, 0) is 11.3 Å². The van der Waals surface area contributed by atoms with E-state index in [4.69, 9.17) is 5.11 Å². The molecular formula is C21H26N4O4. The van der Waals surface area contributed by atoms with Gasteiger partial charge in [-0.3, -0.25) is 19.1 Å². The highest BCUT2D eigenvalue weighted by Gasteiger charge is 2.26. The molecule has 154 valence electrons. The Morgan fingerprint density at radius 1 is 1.07 bits per heavy atom. The molecule has 8 nitrogen and oxygen atoms in total. The highest BCUT2D eigenvalue weighted by molar-refractivity contribution is 5.84. The van der Waals surface area contributed by atoms with E-state index in [0.29, 0.717) is 30.3 Å². The molecule has 3 rings (SSSR count). The van der Waals surface area contributed by atoms with Crippen molar-refractivity contribution in [2.24, 2.45) is 5.41 Å². The van der Waals surface area contributed by atoms with Crippen molar-refractivity contribution >= 4 is 28.2 Å². The molecular weight excluding hydrogens is 372 g/mol. The molecule has 0 aliphatic carbocycles. The Morgan fingerprint density at radius 3 is 2.31 bits per heavy atom. The summed E-state index contributed by atoms with van der Waals surface area (Å²) in [5.41, 5.74) is 1.97. The lowest BCUT2D eigenvalue weighted by Crippen LogP contribution is -2.35. The van der Waals surface area contributed by atoms with E-state index in [1.165, 1.54) is 0 Å². The average molecular weight is 398 g/mol. The smallest absolute Gasteiger partial charge is 0.330 e. The molecule has 29 heavy (non-hydrogen) atoms. The summed E-state index contributed by atoms with van der Waals surface area (Å²) >= 11 is 0. The minimum absolute atomic E-state index is 0.146. The zero-order valence-electron chi connectivity index (χ0n) is 17.2. The third kappa shape index (κ3) is 4.21. The number of unbranched alkanes of at least 4 members (excludes halogenated alkanes) is 2. The van der Waals surface area contributed by atoms with Gasteiger partial charge in [0.2, 0.25) is 0 Å². The van der Waals surface area contributed by atoms with Gasteiger partial charge in [-0.05, 0) is 63.8 Å². The van der Waals surface area contributed by atoms with Gasteiger partial charge in [0.05, 0.1) is 16.4 Å².